The largest absolute Gasteiger partial charge is 0.298 e. The van der Waals surface area contributed by atoms with Gasteiger partial charge >= 0.3 is 0 Å². The van der Waals surface area contributed by atoms with E-state index in [1.54, 1.807) is 0 Å². The van der Waals surface area contributed by atoms with Crippen LogP contribution in [0.1, 0.15) is 37.8 Å². The fourth-order valence-corrected chi connectivity index (χ4v) is 4.17. The van der Waals surface area contributed by atoms with Crippen LogP contribution in [0.5, 0.6) is 0 Å². The molecule has 5 heteroatoms. The van der Waals surface area contributed by atoms with Gasteiger partial charge in [-0.1, -0.05) is 43.7 Å². The molecule has 1 atom stereocenters. The molecule has 0 radical (unpaired) electrons. The molecule has 1 aromatic carbocycles. The Morgan fingerprint density at radius 3 is 2.58 bits per heavy atom. The Morgan fingerprint density at radius 2 is 1.95 bits per heavy atom. The molecule has 1 fully saturated rings. The van der Waals surface area contributed by atoms with Crippen molar-refractivity contribution < 1.29 is 13.2 Å². The smallest absolute Gasteiger partial charge is 0.215 e. The van der Waals surface area contributed by atoms with Crippen LogP contribution in [-0.4, -0.2) is 30.8 Å². The van der Waals surface area contributed by atoms with Gasteiger partial charge in [-0.25, -0.2) is 8.42 Å². The van der Waals surface area contributed by atoms with Crippen molar-refractivity contribution in [3.05, 3.63) is 35.9 Å². The Hall–Kier alpha value is -1.20. The van der Waals surface area contributed by atoms with Crippen molar-refractivity contribution in [2.45, 2.75) is 32.2 Å². The van der Waals surface area contributed by atoms with Gasteiger partial charge in [0, 0.05) is 6.42 Å². The summed E-state index contributed by atoms with van der Waals surface area (Å²) in [6.45, 7) is 1.98. The highest BCUT2D eigenvalue weighted by molar-refractivity contribution is 7.89. The van der Waals surface area contributed by atoms with Gasteiger partial charge in [0.1, 0.15) is 5.78 Å². The molecule has 4 nitrogen and oxygen atoms in total. The van der Waals surface area contributed by atoms with Gasteiger partial charge in [-0.05, 0) is 12.0 Å². The molecule has 1 heterocycles. The quantitative estimate of drug-likeness (QED) is 0.831. The molecule has 0 aromatic heterocycles. The minimum Gasteiger partial charge on any atom is -0.298 e. The van der Waals surface area contributed by atoms with E-state index in [1.807, 2.05) is 37.3 Å². The molecule has 0 unspecified atom stereocenters. The second-order valence-electron chi connectivity index (χ2n) is 4.88. The van der Waals surface area contributed by atoms with Crippen molar-refractivity contribution >= 4 is 15.8 Å². The number of unbranched alkanes of at least 4 members (excludes halogenated alkanes) is 1. The van der Waals surface area contributed by atoms with Crippen molar-refractivity contribution in [1.29, 1.82) is 0 Å². The Morgan fingerprint density at radius 1 is 1.26 bits per heavy atom. The summed E-state index contributed by atoms with van der Waals surface area (Å²) in [5.74, 6) is 0.119. The molecule has 0 amide bonds. The normalized spacial score (nSPS) is 20.9. The SMILES string of the molecule is CCCCS(=O)(=O)N1CC(=O)C[C@H]1c1ccccc1. The van der Waals surface area contributed by atoms with E-state index in [-0.39, 0.29) is 30.5 Å². The lowest BCUT2D eigenvalue weighted by Crippen LogP contribution is -2.33. The number of carbonyl (C=O) groups is 1. The van der Waals surface area contributed by atoms with Crippen LogP contribution in [0.2, 0.25) is 0 Å². The fourth-order valence-electron chi connectivity index (χ4n) is 2.36. The molecular formula is C14H19NO3S. The summed E-state index contributed by atoms with van der Waals surface area (Å²) >= 11 is 0. The maximum Gasteiger partial charge on any atom is 0.215 e. The lowest BCUT2D eigenvalue weighted by Gasteiger charge is -2.23. The molecule has 0 aliphatic carbocycles. The van der Waals surface area contributed by atoms with Crippen molar-refractivity contribution in [2.24, 2.45) is 0 Å². The molecule has 0 bridgehead atoms. The summed E-state index contributed by atoms with van der Waals surface area (Å²) < 4.78 is 26.0. The molecule has 19 heavy (non-hydrogen) atoms. The number of ketones is 1. The summed E-state index contributed by atoms with van der Waals surface area (Å²) in [7, 11) is -3.34. The van der Waals surface area contributed by atoms with E-state index in [2.05, 4.69) is 0 Å². The standard InChI is InChI=1S/C14H19NO3S/c1-2-3-9-19(17,18)15-11-13(16)10-14(15)12-7-5-4-6-8-12/h4-8,14H,2-3,9-11H2,1H3/t14-/m0/s1. The van der Waals surface area contributed by atoms with Crippen LogP contribution in [-0.2, 0) is 14.8 Å². The highest BCUT2D eigenvalue weighted by atomic mass is 32.2. The molecule has 0 N–H and O–H groups in total. The molecule has 0 saturated carbocycles. The number of hydrogen-bond donors (Lipinski definition) is 0. The van der Waals surface area contributed by atoms with Gasteiger partial charge in [-0.3, -0.25) is 4.79 Å². The monoisotopic (exact) mass is 281 g/mol. The van der Waals surface area contributed by atoms with Gasteiger partial charge in [0.05, 0.1) is 18.3 Å². The lowest BCUT2D eigenvalue weighted by atomic mass is 10.1. The number of hydrogen-bond acceptors (Lipinski definition) is 3. The Balaban J connectivity index is 2.26. The van der Waals surface area contributed by atoms with Gasteiger partial charge in [-0.15, -0.1) is 0 Å². The first-order valence-electron chi connectivity index (χ1n) is 6.60. The van der Waals surface area contributed by atoms with Crippen LogP contribution in [0.3, 0.4) is 0 Å². The van der Waals surface area contributed by atoms with Crippen molar-refractivity contribution in [1.82, 2.24) is 4.31 Å². The molecule has 0 spiro atoms. The first kappa shape index (κ1) is 14.2. The van der Waals surface area contributed by atoms with E-state index in [0.717, 1.165) is 12.0 Å². The minimum atomic E-state index is -3.34. The molecule has 1 saturated heterocycles. The summed E-state index contributed by atoms with van der Waals surface area (Å²) in [5.41, 5.74) is 0.897. The molecule has 2 rings (SSSR count). The zero-order chi connectivity index (χ0) is 13.9. The third-order valence-electron chi connectivity index (χ3n) is 3.40. The second-order valence-corrected chi connectivity index (χ2v) is 6.93. The van der Waals surface area contributed by atoms with Crippen molar-refractivity contribution in [3.63, 3.8) is 0 Å². The van der Waals surface area contributed by atoms with E-state index >= 15 is 0 Å². The third kappa shape index (κ3) is 3.22. The Bertz CT molecular complexity index is 539. The van der Waals surface area contributed by atoms with Crippen molar-refractivity contribution in [2.75, 3.05) is 12.3 Å². The number of nitrogens with zero attached hydrogens (tertiary/aromatic N) is 1. The number of benzene rings is 1. The van der Waals surface area contributed by atoms with Crippen LogP contribution in [0.25, 0.3) is 0 Å². The Kier molecular flexibility index (Phi) is 4.37. The van der Waals surface area contributed by atoms with Gasteiger partial charge in [0.2, 0.25) is 10.0 Å². The van der Waals surface area contributed by atoms with E-state index in [4.69, 9.17) is 0 Å². The fraction of sp³-hybridized carbons (Fsp3) is 0.500. The van der Waals surface area contributed by atoms with Crippen LogP contribution in [0.15, 0.2) is 30.3 Å². The van der Waals surface area contributed by atoms with Gasteiger partial charge < -0.3 is 0 Å². The average Bonchev–Trinajstić information content (AvgIpc) is 2.80. The van der Waals surface area contributed by atoms with E-state index in [0.29, 0.717) is 6.42 Å². The lowest BCUT2D eigenvalue weighted by molar-refractivity contribution is -0.116. The average molecular weight is 281 g/mol. The van der Waals surface area contributed by atoms with E-state index < -0.39 is 10.0 Å². The molecule has 1 aromatic rings. The maximum absolute atomic E-state index is 12.3. The van der Waals surface area contributed by atoms with Gasteiger partial charge in [-0.2, -0.15) is 4.31 Å². The first-order valence-corrected chi connectivity index (χ1v) is 8.21. The predicted octanol–water partition coefficient (Wildman–Crippen LogP) is 2.13. The number of rotatable bonds is 5. The highest BCUT2D eigenvalue weighted by Crippen LogP contribution is 2.32. The minimum absolute atomic E-state index is 0.00562. The first-order chi connectivity index (χ1) is 9.04. The summed E-state index contributed by atoms with van der Waals surface area (Å²) in [4.78, 5) is 11.7. The van der Waals surface area contributed by atoms with Gasteiger partial charge in [0.25, 0.3) is 0 Å². The summed E-state index contributed by atoms with van der Waals surface area (Å²) in [6, 6.07) is 9.06. The van der Waals surface area contributed by atoms with Crippen LogP contribution in [0.4, 0.5) is 0 Å². The topological polar surface area (TPSA) is 54.5 Å². The Labute approximate surface area is 114 Å². The number of Topliss-reactive ketones (excluding diaryl/α,β-unsaturated/α-hetero) is 1. The molecule has 104 valence electrons. The zero-order valence-electron chi connectivity index (χ0n) is 11.1. The summed E-state index contributed by atoms with van der Waals surface area (Å²) in [6.07, 6.45) is 1.75. The predicted molar refractivity (Wildman–Crippen MR) is 74.2 cm³/mol. The number of carbonyl (C=O) groups excluding carboxylic acids is 1. The zero-order valence-corrected chi connectivity index (χ0v) is 11.9. The van der Waals surface area contributed by atoms with E-state index in [1.165, 1.54) is 4.31 Å². The van der Waals surface area contributed by atoms with Crippen LogP contribution < -0.4 is 0 Å². The molecule has 1 aliphatic heterocycles. The van der Waals surface area contributed by atoms with Crippen LogP contribution in [0, 0.1) is 0 Å². The maximum atomic E-state index is 12.3. The molecular weight excluding hydrogens is 262 g/mol. The molecule has 1 aliphatic rings. The van der Waals surface area contributed by atoms with E-state index in [9.17, 15) is 13.2 Å². The van der Waals surface area contributed by atoms with Crippen LogP contribution >= 0.6 is 0 Å². The van der Waals surface area contributed by atoms with Crippen molar-refractivity contribution in [3.8, 4) is 0 Å². The summed E-state index contributed by atoms with van der Waals surface area (Å²) in [5, 5.41) is 0. The third-order valence-corrected chi connectivity index (χ3v) is 5.30. The number of sulfonamides is 1. The highest BCUT2D eigenvalue weighted by Gasteiger charge is 2.38. The second kappa shape index (κ2) is 5.84. The van der Waals surface area contributed by atoms with Gasteiger partial charge in [0.15, 0.2) is 0 Å².